The molecule has 136 valence electrons. The molecule has 9 heteroatoms. The number of pyridine rings is 1. The van der Waals surface area contributed by atoms with Crippen molar-refractivity contribution in [2.75, 3.05) is 29.9 Å². The van der Waals surface area contributed by atoms with E-state index in [1.54, 1.807) is 23.7 Å². The summed E-state index contributed by atoms with van der Waals surface area (Å²) < 4.78 is 5.11. The predicted octanol–water partition coefficient (Wildman–Crippen LogP) is 1.64. The molecule has 0 saturated carbocycles. The number of hydrogen-bond acceptors (Lipinski definition) is 7. The molecule has 0 aliphatic carbocycles. The maximum Gasteiger partial charge on any atom is 0.342 e. The molecule has 1 aliphatic heterocycles. The van der Waals surface area contributed by atoms with Crippen molar-refractivity contribution in [3.05, 3.63) is 40.9 Å². The second kappa shape index (κ2) is 7.96. The predicted molar refractivity (Wildman–Crippen MR) is 97.4 cm³/mol. The Morgan fingerprint density at radius 1 is 1.23 bits per heavy atom. The molecule has 1 aliphatic rings. The van der Waals surface area contributed by atoms with Gasteiger partial charge in [-0.3, -0.25) is 9.59 Å². The molecule has 0 radical (unpaired) electrons. The minimum absolute atomic E-state index is 0.221. The Kier molecular flexibility index (Phi) is 5.47. The van der Waals surface area contributed by atoms with E-state index in [0.29, 0.717) is 16.4 Å². The largest absolute Gasteiger partial charge is 0.452 e. The molecule has 2 aromatic heterocycles. The lowest BCUT2D eigenvalue weighted by Gasteiger charge is -2.18. The summed E-state index contributed by atoms with van der Waals surface area (Å²) in [4.78, 5) is 41.9. The molecule has 1 fully saturated rings. The van der Waals surface area contributed by atoms with Gasteiger partial charge in [-0.05, 0) is 36.4 Å². The van der Waals surface area contributed by atoms with Crippen LogP contribution in [0, 0.1) is 0 Å². The van der Waals surface area contributed by atoms with Crippen molar-refractivity contribution >= 4 is 39.9 Å². The van der Waals surface area contributed by atoms with E-state index in [-0.39, 0.29) is 5.56 Å². The number of amides is 2. The summed E-state index contributed by atoms with van der Waals surface area (Å²) >= 11 is 1.17. The number of ether oxygens (including phenoxy) is 1. The Labute approximate surface area is 154 Å². The molecular weight excluding hydrogens is 356 g/mol. The molecule has 8 nitrogen and oxygen atoms in total. The zero-order valence-corrected chi connectivity index (χ0v) is 14.8. The topological polar surface area (TPSA) is 115 Å². The number of nitrogens with two attached hydrogens (primary N) is 1. The first-order chi connectivity index (χ1) is 12.6. The first-order valence-corrected chi connectivity index (χ1v) is 8.98. The third kappa shape index (κ3) is 3.99. The van der Waals surface area contributed by atoms with Gasteiger partial charge in [-0.2, -0.15) is 0 Å². The van der Waals surface area contributed by atoms with E-state index >= 15 is 0 Å². The van der Waals surface area contributed by atoms with E-state index in [2.05, 4.69) is 10.3 Å². The molecule has 2 amide bonds. The number of esters is 1. The summed E-state index contributed by atoms with van der Waals surface area (Å²) in [7, 11) is 0. The molecule has 3 heterocycles. The molecule has 0 unspecified atom stereocenters. The van der Waals surface area contributed by atoms with Crippen LogP contribution < -0.4 is 16.0 Å². The van der Waals surface area contributed by atoms with E-state index in [9.17, 15) is 14.4 Å². The van der Waals surface area contributed by atoms with Gasteiger partial charge in [0.15, 0.2) is 6.61 Å². The number of primary amides is 1. The number of nitrogens with zero attached hydrogens (tertiary/aromatic N) is 2. The van der Waals surface area contributed by atoms with Crippen molar-refractivity contribution < 1.29 is 19.1 Å². The van der Waals surface area contributed by atoms with Crippen molar-refractivity contribution in [3.63, 3.8) is 0 Å². The van der Waals surface area contributed by atoms with Crippen molar-refractivity contribution in [1.29, 1.82) is 0 Å². The van der Waals surface area contributed by atoms with E-state index in [1.165, 1.54) is 17.4 Å². The number of thiophene rings is 1. The highest BCUT2D eigenvalue weighted by Gasteiger charge is 2.22. The summed E-state index contributed by atoms with van der Waals surface area (Å²) in [6, 6.07) is 4.80. The number of rotatable bonds is 6. The van der Waals surface area contributed by atoms with E-state index in [1.807, 2.05) is 4.90 Å². The van der Waals surface area contributed by atoms with Crippen LogP contribution in [0.25, 0.3) is 0 Å². The summed E-state index contributed by atoms with van der Waals surface area (Å²) in [5.74, 6) is -1.22. The van der Waals surface area contributed by atoms with Gasteiger partial charge in [0, 0.05) is 19.3 Å². The number of carbonyl (C=O) groups excluding carboxylic acids is 3. The summed E-state index contributed by atoms with van der Waals surface area (Å²) in [5.41, 5.74) is 5.78. The smallest absolute Gasteiger partial charge is 0.342 e. The summed E-state index contributed by atoms with van der Waals surface area (Å²) in [6.45, 7) is 1.21. The van der Waals surface area contributed by atoms with Crippen LogP contribution >= 0.6 is 11.3 Å². The molecule has 3 N–H and O–H groups in total. The SMILES string of the molecule is NC(=O)c1ccsc1NC(=O)COC(=O)c1cccnc1N1CCCC1. The molecule has 1 saturated heterocycles. The second-order valence-electron chi connectivity index (χ2n) is 5.72. The average Bonchev–Trinajstić information content (AvgIpc) is 3.31. The van der Waals surface area contributed by atoms with E-state index < -0.39 is 24.4 Å². The minimum atomic E-state index is -0.635. The fraction of sp³-hybridized carbons (Fsp3) is 0.294. The van der Waals surface area contributed by atoms with Crippen LogP contribution in [0.4, 0.5) is 10.8 Å². The molecule has 2 aromatic rings. The van der Waals surface area contributed by atoms with E-state index in [0.717, 1.165) is 25.9 Å². The minimum Gasteiger partial charge on any atom is -0.452 e. The Hall–Kier alpha value is -2.94. The van der Waals surface area contributed by atoms with Crippen molar-refractivity contribution in [1.82, 2.24) is 4.98 Å². The number of anilines is 2. The molecular formula is C17H18N4O4S. The Morgan fingerprint density at radius 3 is 2.73 bits per heavy atom. The third-order valence-corrected chi connectivity index (χ3v) is 4.76. The molecule has 0 bridgehead atoms. The van der Waals surface area contributed by atoms with Crippen molar-refractivity contribution in [3.8, 4) is 0 Å². The molecule has 0 spiro atoms. The van der Waals surface area contributed by atoms with Crippen LogP contribution in [0.2, 0.25) is 0 Å². The van der Waals surface area contributed by atoms with Crippen LogP contribution in [-0.2, 0) is 9.53 Å². The highest BCUT2D eigenvalue weighted by atomic mass is 32.1. The van der Waals surface area contributed by atoms with E-state index in [4.69, 9.17) is 10.5 Å². The number of hydrogen-bond donors (Lipinski definition) is 2. The van der Waals surface area contributed by atoms with Gasteiger partial charge >= 0.3 is 5.97 Å². The van der Waals surface area contributed by atoms with Crippen LogP contribution in [0.1, 0.15) is 33.6 Å². The van der Waals surface area contributed by atoms with Crippen LogP contribution in [0.15, 0.2) is 29.8 Å². The molecule has 0 atom stereocenters. The molecule has 3 rings (SSSR count). The zero-order chi connectivity index (χ0) is 18.5. The highest BCUT2D eigenvalue weighted by Crippen LogP contribution is 2.24. The lowest BCUT2D eigenvalue weighted by molar-refractivity contribution is -0.119. The van der Waals surface area contributed by atoms with Gasteiger partial charge in [0.05, 0.1) is 5.56 Å². The number of aromatic nitrogens is 1. The monoisotopic (exact) mass is 374 g/mol. The van der Waals surface area contributed by atoms with Crippen LogP contribution in [-0.4, -0.2) is 42.5 Å². The van der Waals surface area contributed by atoms with Crippen molar-refractivity contribution in [2.24, 2.45) is 5.73 Å². The first-order valence-electron chi connectivity index (χ1n) is 8.10. The van der Waals surface area contributed by atoms with Crippen LogP contribution in [0.5, 0.6) is 0 Å². The van der Waals surface area contributed by atoms with Crippen LogP contribution in [0.3, 0.4) is 0 Å². The fourth-order valence-corrected chi connectivity index (χ4v) is 3.52. The van der Waals surface area contributed by atoms with Gasteiger partial charge in [0.2, 0.25) is 0 Å². The normalized spacial score (nSPS) is 13.5. The molecule has 26 heavy (non-hydrogen) atoms. The fourth-order valence-electron chi connectivity index (χ4n) is 2.71. The summed E-state index contributed by atoms with van der Waals surface area (Å²) in [5, 5.41) is 4.49. The average molecular weight is 374 g/mol. The third-order valence-electron chi connectivity index (χ3n) is 3.93. The number of nitrogens with one attached hydrogen (secondary N) is 1. The van der Waals surface area contributed by atoms with Gasteiger partial charge in [-0.25, -0.2) is 9.78 Å². The Morgan fingerprint density at radius 2 is 2.00 bits per heavy atom. The highest BCUT2D eigenvalue weighted by molar-refractivity contribution is 7.14. The standard InChI is InChI=1S/C17H18N4O4S/c18-14(23)11-5-9-26-16(11)20-13(22)10-25-17(24)12-4-3-6-19-15(12)21-7-1-2-8-21/h3-6,9H,1-2,7-8,10H2,(H2,18,23)(H,20,22). The van der Waals surface area contributed by atoms with Gasteiger partial charge in [0.25, 0.3) is 11.8 Å². The van der Waals surface area contributed by atoms with Crippen molar-refractivity contribution in [2.45, 2.75) is 12.8 Å². The van der Waals surface area contributed by atoms with Gasteiger partial charge < -0.3 is 20.7 Å². The lowest BCUT2D eigenvalue weighted by Crippen LogP contribution is -2.25. The maximum absolute atomic E-state index is 12.4. The Bertz CT molecular complexity index is 830. The molecule has 0 aromatic carbocycles. The van der Waals surface area contributed by atoms with Gasteiger partial charge in [0.1, 0.15) is 16.4 Å². The lowest BCUT2D eigenvalue weighted by atomic mass is 10.2. The second-order valence-corrected chi connectivity index (χ2v) is 6.64. The Balaban J connectivity index is 1.61. The zero-order valence-electron chi connectivity index (χ0n) is 13.9. The number of carbonyl (C=O) groups is 3. The van der Waals surface area contributed by atoms with Gasteiger partial charge in [-0.1, -0.05) is 0 Å². The summed E-state index contributed by atoms with van der Waals surface area (Å²) in [6.07, 6.45) is 3.73. The quantitative estimate of drug-likeness (QED) is 0.743. The first kappa shape index (κ1) is 17.9. The maximum atomic E-state index is 12.4. The van der Waals surface area contributed by atoms with Gasteiger partial charge in [-0.15, -0.1) is 11.3 Å².